The molecule has 1 aromatic heterocycles. The van der Waals surface area contributed by atoms with Gasteiger partial charge in [-0.05, 0) is 25.8 Å². The second-order valence-corrected chi connectivity index (χ2v) is 6.51. The van der Waals surface area contributed by atoms with Gasteiger partial charge in [-0.1, -0.05) is 12.8 Å². The minimum absolute atomic E-state index is 0.235. The maximum atomic E-state index is 12.2. The number of nitrogens with one attached hydrogen (secondary N) is 1. The van der Waals surface area contributed by atoms with E-state index >= 15 is 0 Å². The first-order chi connectivity index (χ1) is 9.58. The first-order valence-electron chi connectivity index (χ1n) is 6.82. The third-order valence-corrected chi connectivity index (χ3v) is 4.91. The minimum atomic E-state index is -0.394. The van der Waals surface area contributed by atoms with Crippen molar-refractivity contribution < 1.29 is 14.4 Å². The fraction of sp³-hybridized carbons (Fsp3) is 0.500. The van der Waals surface area contributed by atoms with Crippen molar-refractivity contribution in [2.75, 3.05) is 0 Å². The monoisotopic (exact) mass is 292 g/mol. The summed E-state index contributed by atoms with van der Waals surface area (Å²) in [5, 5.41) is 2.67. The average molecular weight is 292 g/mol. The molecule has 2 atom stereocenters. The quantitative estimate of drug-likeness (QED) is 0.846. The van der Waals surface area contributed by atoms with Crippen LogP contribution in [0.1, 0.15) is 40.9 Å². The highest BCUT2D eigenvalue weighted by molar-refractivity contribution is 7.10. The van der Waals surface area contributed by atoms with Gasteiger partial charge in [0.25, 0.3) is 17.7 Å². The molecule has 1 aliphatic carbocycles. The number of rotatable bonds is 2. The van der Waals surface area contributed by atoms with E-state index in [4.69, 9.17) is 0 Å². The van der Waals surface area contributed by atoms with E-state index in [2.05, 4.69) is 5.43 Å². The Hall–Kier alpha value is -1.69. The highest BCUT2D eigenvalue weighted by Gasteiger charge is 2.49. The smallest absolute Gasteiger partial charge is 0.271 e. The molecule has 1 saturated heterocycles. The van der Waals surface area contributed by atoms with Crippen molar-refractivity contribution >= 4 is 29.1 Å². The molecular weight excluding hydrogens is 276 g/mol. The molecule has 2 fully saturated rings. The Morgan fingerprint density at radius 3 is 2.35 bits per heavy atom. The van der Waals surface area contributed by atoms with E-state index in [9.17, 15) is 14.4 Å². The minimum Gasteiger partial charge on any atom is -0.272 e. The number of hydrogen-bond donors (Lipinski definition) is 1. The molecule has 20 heavy (non-hydrogen) atoms. The van der Waals surface area contributed by atoms with Crippen molar-refractivity contribution in [3.05, 3.63) is 21.9 Å². The zero-order chi connectivity index (χ0) is 14.3. The summed E-state index contributed by atoms with van der Waals surface area (Å²) >= 11 is 1.46. The lowest BCUT2D eigenvalue weighted by atomic mass is 9.81. The maximum Gasteiger partial charge on any atom is 0.271 e. The number of aryl methyl sites for hydroxylation is 1. The van der Waals surface area contributed by atoms with Crippen molar-refractivity contribution in [3.63, 3.8) is 0 Å². The predicted molar refractivity (Wildman–Crippen MR) is 73.8 cm³/mol. The maximum absolute atomic E-state index is 12.2. The van der Waals surface area contributed by atoms with Crippen LogP contribution in [0.2, 0.25) is 0 Å². The summed E-state index contributed by atoms with van der Waals surface area (Å²) in [6.07, 6.45) is 3.45. The van der Waals surface area contributed by atoms with Crippen LogP contribution >= 0.6 is 11.3 Å². The molecule has 1 aromatic rings. The highest BCUT2D eigenvalue weighted by atomic mass is 32.1. The van der Waals surface area contributed by atoms with E-state index in [1.807, 2.05) is 6.92 Å². The summed E-state index contributed by atoms with van der Waals surface area (Å²) in [5.41, 5.74) is 2.96. The molecule has 6 heteroatoms. The van der Waals surface area contributed by atoms with Gasteiger partial charge in [-0.15, -0.1) is 11.3 Å². The molecule has 5 nitrogen and oxygen atoms in total. The number of amides is 3. The molecule has 1 N–H and O–H groups in total. The summed E-state index contributed by atoms with van der Waals surface area (Å²) in [6, 6.07) is 1.75. The van der Waals surface area contributed by atoms with Gasteiger partial charge in [0.1, 0.15) is 0 Å². The van der Waals surface area contributed by atoms with Gasteiger partial charge in [-0.3, -0.25) is 19.8 Å². The van der Waals surface area contributed by atoms with Gasteiger partial charge in [0.05, 0.1) is 17.4 Å². The summed E-state index contributed by atoms with van der Waals surface area (Å²) < 4.78 is 0. The molecule has 3 rings (SSSR count). The molecular formula is C14H16N2O3S. The Morgan fingerprint density at radius 2 is 1.85 bits per heavy atom. The van der Waals surface area contributed by atoms with E-state index in [1.165, 1.54) is 11.3 Å². The van der Waals surface area contributed by atoms with Crippen molar-refractivity contribution in [1.29, 1.82) is 0 Å². The molecule has 0 bridgehead atoms. The lowest BCUT2D eigenvalue weighted by Gasteiger charge is -2.19. The molecule has 0 unspecified atom stereocenters. The Balaban J connectivity index is 1.75. The van der Waals surface area contributed by atoms with E-state index in [0.717, 1.165) is 35.6 Å². The van der Waals surface area contributed by atoms with Crippen molar-refractivity contribution in [2.24, 2.45) is 11.8 Å². The van der Waals surface area contributed by atoms with E-state index in [1.54, 1.807) is 11.4 Å². The summed E-state index contributed by atoms with van der Waals surface area (Å²) in [6.45, 7) is 1.90. The van der Waals surface area contributed by atoms with Gasteiger partial charge in [0, 0.05) is 10.3 Å². The number of nitrogens with zero attached hydrogens (tertiary/aromatic N) is 1. The van der Waals surface area contributed by atoms with Gasteiger partial charge in [-0.2, -0.15) is 5.01 Å². The zero-order valence-electron chi connectivity index (χ0n) is 11.2. The first kappa shape index (κ1) is 13.3. The fourth-order valence-electron chi connectivity index (χ4n) is 3.00. The number of imide groups is 1. The van der Waals surface area contributed by atoms with E-state index in [-0.39, 0.29) is 23.7 Å². The molecule has 2 heterocycles. The van der Waals surface area contributed by atoms with Gasteiger partial charge in [0.2, 0.25) is 0 Å². The highest BCUT2D eigenvalue weighted by Crippen LogP contribution is 2.37. The molecule has 2 aliphatic rings. The van der Waals surface area contributed by atoms with Gasteiger partial charge in [0.15, 0.2) is 0 Å². The zero-order valence-corrected chi connectivity index (χ0v) is 12.0. The van der Waals surface area contributed by atoms with Gasteiger partial charge >= 0.3 is 0 Å². The number of hydrazine groups is 1. The van der Waals surface area contributed by atoms with Crippen LogP contribution in [0.25, 0.3) is 0 Å². The molecule has 0 radical (unpaired) electrons. The van der Waals surface area contributed by atoms with Crippen LogP contribution < -0.4 is 5.43 Å². The molecule has 106 valence electrons. The third-order valence-electron chi connectivity index (χ3n) is 4.05. The molecule has 0 aromatic carbocycles. The van der Waals surface area contributed by atoms with Gasteiger partial charge < -0.3 is 0 Å². The summed E-state index contributed by atoms with van der Waals surface area (Å²) in [5.74, 6) is -1.36. The standard InChI is InChI=1S/C14H16N2O3S/c1-8-6-9(7-20-8)12(17)15-16-13(18)10-4-2-3-5-11(10)14(16)19/h6-7,10-11H,2-5H2,1H3,(H,15,17)/t10-,11+. The number of fused-ring (bicyclic) bond motifs is 1. The van der Waals surface area contributed by atoms with E-state index < -0.39 is 5.91 Å². The SMILES string of the molecule is Cc1cc(C(=O)NN2C(=O)[C@H]3CCCC[C@H]3C2=O)cs1. The summed E-state index contributed by atoms with van der Waals surface area (Å²) in [7, 11) is 0. The topological polar surface area (TPSA) is 66.5 Å². The second-order valence-electron chi connectivity index (χ2n) is 5.40. The van der Waals surface area contributed by atoms with Crippen LogP contribution in [-0.4, -0.2) is 22.7 Å². The Morgan fingerprint density at radius 1 is 1.25 bits per heavy atom. The molecule has 3 amide bonds. The van der Waals surface area contributed by atoms with Crippen LogP contribution in [0.5, 0.6) is 0 Å². The van der Waals surface area contributed by atoms with Crippen LogP contribution in [0.3, 0.4) is 0 Å². The van der Waals surface area contributed by atoms with E-state index in [0.29, 0.717) is 5.56 Å². The van der Waals surface area contributed by atoms with Crippen molar-refractivity contribution in [2.45, 2.75) is 32.6 Å². The average Bonchev–Trinajstić information content (AvgIpc) is 2.98. The Labute approximate surface area is 120 Å². The first-order valence-corrected chi connectivity index (χ1v) is 7.70. The van der Waals surface area contributed by atoms with Crippen LogP contribution in [-0.2, 0) is 9.59 Å². The largest absolute Gasteiger partial charge is 0.272 e. The third kappa shape index (κ3) is 2.14. The number of thiophene rings is 1. The molecule has 1 saturated carbocycles. The van der Waals surface area contributed by atoms with Crippen LogP contribution in [0.15, 0.2) is 11.4 Å². The Kier molecular flexibility index (Phi) is 3.33. The van der Waals surface area contributed by atoms with Gasteiger partial charge in [-0.25, -0.2) is 0 Å². The normalized spacial score (nSPS) is 25.8. The van der Waals surface area contributed by atoms with Crippen LogP contribution in [0, 0.1) is 18.8 Å². The fourth-order valence-corrected chi connectivity index (χ4v) is 3.68. The molecule has 0 spiro atoms. The lowest BCUT2D eigenvalue weighted by molar-refractivity contribution is -0.142. The number of carbonyl (C=O) groups is 3. The Bertz CT molecular complexity index is 557. The number of hydrogen-bond acceptors (Lipinski definition) is 4. The van der Waals surface area contributed by atoms with Crippen LogP contribution in [0.4, 0.5) is 0 Å². The van der Waals surface area contributed by atoms with Crippen molar-refractivity contribution in [3.8, 4) is 0 Å². The predicted octanol–water partition coefficient (Wildman–Crippen LogP) is 1.88. The number of carbonyl (C=O) groups excluding carboxylic acids is 3. The summed E-state index contributed by atoms with van der Waals surface area (Å²) in [4.78, 5) is 37.5. The second kappa shape index (κ2) is 5.01. The lowest BCUT2D eigenvalue weighted by Crippen LogP contribution is -2.46. The molecule has 1 aliphatic heterocycles. The van der Waals surface area contributed by atoms with Crippen molar-refractivity contribution in [1.82, 2.24) is 10.4 Å².